The maximum atomic E-state index is 13.0. The Morgan fingerprint density at radius 1 is 1.23 bits per heavy atom. The second kappa shape index (κ2) is 9.14. The number of hydrogen-bond donors (Lipinski definition) is 1. The first-order chi connectivity index (χ1) is 15.0. The van der Waals surface area contributed by atoms with Crippen molar-refractivity contribution >= 4 is 17.2 Å². The average molecular weight is 433 g/mol. The lowest BCUT2D eigenvalue weighted by Crippen LogP contribution is -2.32. The maximum Gasteiger partial charge on any atom is 0.226 e. The summed E-state index contributed by atoms with van der Waals surface area (Å²) in [5.41, 5.74) is 3.85. The van der Waals surface area contributed by atoms with E-state index in [1.807, 2.05) is 59.6 Å². The van der Waals surface area contributed by atoms with Crippen molar-refractivity contribution < 1.29 is 9.53 Å². The van der Waals surface area contributed by atoms with Crippen molar-refractivity contribution in [2.24, 2.45) is 7.05 Å². The fourth-order valence-electron chi connectivity index (χ4n) is 3.52. The number of aromatic nitrogens is 3. The van der Waals surface area contributed by atoms with E-state index >= 15 is 0 Å². The van der Waals surface area contributed by atoms with E-state index in [2.05, 4.69) is 34.3 Å². The molecule has 6 nitrogen and oxygen atoms in total. The molecule has 2 heterocycles. The number of rotatable bonds is 7. The Kier molecular flexibility index (Phi) is 6.13. The molecular formula is C24H24N4O2S. The summed E-state index contributed by atoms with van der Waals surface area (Å²) < 4.78 is 7.43. The standard InChI is InChI=1S/C24H24N4O2S/c1-16-7-6-8-17(13-16)24-26-18(15-31-24)14-21(29)27-22(23-25-11-12-28(23)2)19-9-4-5-10-20(19)30-3/h4-13,15,22H,14H2,1-3H3,(H,27,29). The Labute approximate surface area is 185 Å². The van der Waals surface area contributed by atoms with Crippen molar-refractivity contribution in [2.45, 2.75) is 19.4 Å². The van der Waals surface area contributed by atoms with Crippen molar-refractivity contribution in [3.05, 3.63) is 88.9 Å². The second-order valence-corrected chi connectivity index (χ2v) is 8.19. The van der Waals surface area contributed by atoms with Crippen LogP contribution in [0.5, 0.6) is 5.75 Å². The molecule has 158 valence electrons. The molecule has 4 aromatic rings. The Morgan fingerprint density at radius 3 is 2.81 bits per heavy atom. The summed E-state index contributed by atoms with van der Waals surface area (Å²) in [4.78, 5) is 22.1. The molecule has 7 heteroatoms. The van der Waals surface area contributed by atoms with Gasteiger partial charge in [-0.3, -0.25) is 4.79 Å². The zero-order valence-corrected chi connectivity index (χ0v) is 18.5. The molecule has 0 bridgehead atoms. The van der Waals surface area contributed by atoms with E-state index in [0.29, 0.717) is 5.75 Å². The van der Waals surface area contributed by atoms with Gasteiger partial charge in [0.05, 0.1) is 19.2 Å². The number of methoxy groups -OCH3 is 1. The van der Waals surface area contributed by atoms with Crippen molar-refractivity contribution in [1.82, 2.24) is 19.9 Å². The molecule has 0 saturated carbocycles. The number of nitrogens with zero attached hydrogens (tertiary/aromatic N) is 3. The average Bonchev–Trinajstić information content (AvgIpc) is 3.41. The van der Waals surface area contributed by atoms with Gasteiger partial charge in [-0.2, -0.15) is 0 Å². The molecule has 1 N–H and O–H groups in total. The zero-order valence-electron chi connectivity index (χ0n) is 17.7. The van der Waals surface area contributed by atoms with Crippen LogP contribution in [0.25, 0.3) is 10.6 Å². The number of aryl methyl sites for hydroxylation is 2. The summed E-state index contributed by atoms with van der Waals surface area (Å²) in [6.07, 6.45) is 3.77. The summed E-state index contributed by atoms with van der Waals surface area (Å²) in [5, 5.41) is 5.97. The summed E-state index contributed by atoms with van der Waals surface area (Å²) in [7, 11) is 3.53. The van der Waals surface area contributed by atoms with Crippen LogP contribution >= 0.6 is 11.3 Å². The molecule has 0 fully saturated rings. The predicted molar refractivity (Wildman–Crippen MR) is 122 cm³/mol. The van der Waals surface area contributed by atoms with Gasteiger partial charge in [-0.15, -0.1) is 11.3 Å². The van der Waals surface area contributed by atoms with Crippen molar-refractivity contribution in [1.29, 1.82) is 0 Å². The van der Waals surface area contributed by atoms with Gasteiger partial charge in [-0.05, 0) is 19.1 Å². The molecule has 4 rings (SSSR count). The summed E-state index contributed by atoms with van der Waals surface area (Å²) in [6, 6.07) is 15.4. The van der Waals surface area contributed by atoms with Crippen LogP contribution in [0.4, 0.5) is 0 Å². The number of imidazole rings is 1. The smallest absolute Gasteiger partial charge is 0.226 e. The number of amides is 1. The number of nitrogens with one attached hydrogen (secondary N) is 1. The van der Waals surface area contributed by atoms with E-state index in [1.54, 1.807) is 24.6 Å². The first-order valence-corrected chi connectivity index (χ1v) is 10.8. The molecule has 0 aliphatic carbocycles. The van der Waals surface area contributed by atoms with Crippen LogP contribution in [-0.2, 0) is 18.3 Å². The quantitative estimate of drug-likeness (QED) is 0.473. The minimum Gasteiger partial charge on any atom is -0.496 e. The molecule has 1 amide bonds. The molecule has 1 atom stereocenters. The molecular weight excluding hydrogens is 408 g/mol. The molecule has 0 radical (unpaired) electrons. The third-order valence-electron chi connectivity index (χ3n) is 5.03. The highest BCUT2D eigenvalue weighted by molar-refractivity contribution is 7.13. The number of thiazole rings is 1. The van der Waals surface area contributed by atoms with Gasteiger partial charge in [0.25, 0.3) is 0 Å². The van der Waals surface area contributed by atoms with Crippen LogP contribution in [-0.4, -0.2) is 27.6 Å². The summed E-state index contributed by atoms with van der Waals surface area (Å²) in [5.74, 6) is 1.31. The summed E-state index contributed by atoms with van der Waals surface area (Å²) >= 11 is 1.55. The van der Waals surface area contributed by atoms with Gasteiger partial charge in [0.15, 0.2) is 0 Å². The van der Waals surface area contributed by atoms with Crippen LogP contribution in [0.3, 0.4) is 0 Å². The van der Waals surface area contributed by atoms with Gasteiger partial charge in [0, 0.05) is 35.9 Å². The van der Waals surface area contributed by atoms with E-state index in [0.717, 1.165) is 27.7 Å². The highest BCUT2D eigenvalue weighted by Gasteiger charge is 2.24. The van der Waals surface area contributed by atoms with Crippen molar-refractivity contribution in [3.8, 4) is 16.3 Å². The fourth-order valence-corrected chi connectivity index (χ4v) is 4.33. The highest BCUT2D eigenvalue weighted by Crippen LogP contribution is 2.29. The Morgan fingerprint density at radius 2 is 2.06 bits per heavy atom. The van der Waals surface area contributed by atoms with Crippen LogP contribution in [0.15, 0.2) is 66.3 Å². The number of carbonyl (C=O) groups is 1. The number of ether oxygens (including phenoxy) is 1. The molecule has 2 aromatic heterocycles. The lowest BCUT2D eigenvalue weighted by atomic mass is 10.0. The van der Waals surface area contributed by atoms with Gasteiger partial charge >= 0.3 is 0 Å². The predicted octanol–water partition coefficient (Wildman–Crippen LogP) is 4.31. The fraction of sp³-hybridized carbons (Fsp3) is 0.208. The molecule has 0 aliphatic rings. The zero-order chi connectivity index (χ0) is 21.8. The van der Waals surface area contributed by atoms with Crippen molar-refractivity contribution in [3.63, 3.8) is 0 Å². The Hall–Kier alpha value is -3.45. The van der Waals surface area contributed by atoms with E-state index < -0.39 is 6.04 Å². The second-order valence-electron chi connectivity index (χ2n) is 7.33. The number of hydrogen-bond acceptors (Lipinski definition) is 5. The maximum absolute atomic E-state index is 13.0. The van der Waals surface area contributed by atoms with Gasteiger partial charge in [-0.1, -0.05) is 42.0 Å². The minimum atomic E-state index is -0.432. The van der Waals surface area contributed by atoms with E-state index in [4.69, 9.17) is 4.74 Å². The Balaban J connectivity index is 1.56. The van der Waals surface area contributed by atoms with Crippen LogP contribution < -0.4 is 10.1 Å². The molecule has 31 heavy (non-hydrogen) atoms. The molecule has 0 aliphatic heterocycles. The van der Waals surface area contributed by atoms with Gasteiger partial charge in [0.2, 0.25) is 5.91 Å². The molecule has 2 aromatic carbocycles. The summed E-state index contributed by atoms with van der Waals surface area (Å²) in [6.45, 7) is 2.06. The van der Waals surface area contributed by atoms with Crippen molar-refractivity contribution in [2.75, 3.05) is 7.11 Å². The minimum absolute atomic E-state index is 0.125. The first kappa shape index (κ1) is 20.8. The number of benzene rings is 2. The van der Waals surface area contributed by atoms with Gasteiger partial charge < -0.3 is 14.6 Å². The molecule has 0 spiro atoms. The van der Waals surface area contributed by atoms with E-state index in [9.17, 15) is 4.79 Å². The van der Waals surface area contributed by atoms with Gasteiger partial charge in [0.1, 0.15) is 22.6 Å². The van der Waals surface area contributed by atoms with E-state index in [-0.39, 0.29) is 12.3 Å². The van der Waals surface area contributed by atoms with Gasteiger partial charge in [-0.25, -0.2) is 9.97 Å². The molecule has 1 unspecified atom stereocenters. The largest absolute Gasteiger partial charge is 0.496 e. The normalized spacial score (nSPS) is 11.8. The van der Waals surface area contributed by atoms with Crippen LogP contribution in [0.1, 0.15) is 28.7 Å². The third-order valence-corrected chi connectivity index (χ3v) is 5.97. The SMILES string of the molecule is COc1ccccc1C(NC(=O)Cc1csc(-c2cccc(C)c2)n1)c1nccn1C. The lowest BCUT2D eigenvalue weighted by Gasteiger charge is -2.21. The number of para-hydroxylation sites is 1. The van der Waals surface area contributed by atoms with Crippen LogP contribution in [0, 0.1) is 6.92 Å². The first-order valence-electron chi connectivity index (χ1n) is 9.96. The van der Waals surface area contributed by atoms with Crippen LogP contribution in [0.2, 0.25) is 0 Å². The van der Waals surface area contributed by atoms with E-state index in [1.165, 1.54) is 5.56 Å². The Bertz CT molecular complexity index is 1200. The number of carbonyl (C=O) groups excluding carboxylic acids is 1. The molecule has 0 saturated heterocycles. The topological polar surface area (TPSA) is 69.0 Å². The lowest BCUT2D eigenvalue weighted by molar-refractivity contribution is -0.121. The highest BCUT2D eigenvalue weighted by atomic mass is 32.1. The monoisotopic (exact) mass is 432 g/mol. The third kappa shape index (κ3) is 4.67.